The number of imidazole rings is 1. The van der Waals surface area contributed by atoms with Gasteiger partial charge in [-0.05, 0) is 33.6 Å². The predicted molar refractivity (Wildman–Crippen MR) is 101 cm³/mol. The molecule has 1 aliphatic heterocycles. The van der Waals surface area contributed by atoms with Crippen LogP contribution in [0.15, 0.2) is 59.3 Å². The van der Waals surface area contributed by atoms with Crippen LogP contribution in [0.25, 0.3) is 11.3 Å². The second-order valence-corrected chi connectivity index (χ2v) is 7.28. The van der Waals surface area contributed by atoms with Gasteiger partial charge in [-0.15, -0.1) is 0 Å². The molecule has 2 aromatic carbocycles. The monoisotopic (exact) mass is 449 g/mol. The van der Waals surface area contributed by atoms with E-state index in [9.17, 15) is 18.0 Å². The number of carbonyl (C=O) groups excluding carboxylic acids is 1. The molecule has 8 heteroatoms. The molecule has 144 valence electrons. The summed E-state index contributed by atoms with van der Waals surface area (Å²) < 4.78 is 40.6. The van der Waals surface area contributed by atoms with Gasteiger partial charge >= 0.3 is 6.18 Å². The highest BCUT2D eigenvalue weighted by Crippen LogP contribution is 2.32. The maximum absolute atomic E-state index is 12.7. The smallest absolute Gasteiger partial charge is 0.331 e. The molecule has 0 saturated carbocycles. The van der Waals surface area contributed by atoms with Gasteiger partial charge in [0, 0.05) is 12.1 Å². The third-order valence-electron chi connectivity index (χ3n) is 4.71. The molecule has 28 heavy (non-hydrogen) atoms. The molecular formula is C20H15BrF3N3O. The van der Waals surface area contributed by atoms with Crippen LogP contribution in [0.4, 0.5) is 13.2 Å². The van der Waals surface area contributed by atoms with Crippen molar-refractivity contribution in [1.82, 2.24) is 14.5 Å². The summed E-state index contributed by atoms with van der Waals surface area (Å²) >= 11 is 3.42. The van der Waals surface area contributed by atoms with Gasteiger partial charge < -0.3 is 9.47 Å². The average Bonchev–Trinajstić information content (AvgIpc) is 2.98. The quantitative estimate of drug-likeness (QED) is 0.571. The molecule has 0 spiro atoms. The second-order valence-electron chi connectivity index (χ2n) is 6.57. The van der Waals surface area contributed by atoms with Crippen molar-refractivity contribution in [3.8, 4) is 11.3 Å². The van der Waals surface area contributed by atoms with E-state index in [1.807, 2.05) is 34.9 Å². The van der Waals surface area contributed by atoms with E-state index in [1.165, 1.54) is 12.1 Å². The summed E-state index contributed by atoms with van der Waals surface area (Å²) in [7, 11) is 0. The summed E-state index contributed by atoms with van der Waals surface area (Å²) in [6.07, 6.45) is -4.37. The molecule has 2 heterocycles. The molecule has 4 nitrogen and oxygen atoms in total. The molecule has 0 radical (unpaired) electrons. The second kappa shape index (κ2) is 7.09. The molecule has 0 fully saturated rings. The largest absolute Gasteiger partial charge is 0.416 e. The summed E-state index contributed by atoms with van der Waals surface area (Å²) in [6.45, 7) is 0.715. The van der Waals surface area contributed by atoms with E-state index >= 15 is 0 Å². The Morgan fingerprint density at radius 3 is 2.32 bits per heavy atom. The lowest BCUT2D eigenvalue weighted by Crippen LogP contribution is -2.38. The molecule has 0 N–H and O–H groups in total. The Kier molecular flexibility index (Phi) is 4.74. The van der Waals surface area contributed by atoms with Gasteiger partial charge in [-0.2, -0.15) is 13.2 Å². The Labute approximate surface area is 167 Å². The zero-order valence-electron chi connectivity index (χ0n) is 14.6. The van der Waals surface area contributed by atoms with Crippen LogP contribution in [0.1, 0.15) is 16.8 Å². The third kappa shape index (κ3) is 3.56. The van der Waals surface area contributed by atoms with Gasteiger partial charge in [0.2, 0.25) is 5.91 Å². The molecule has 3 aromatic rings. The van der Waals surface area contributed by atoms with E-state index in [2.05, 4.69) is 20.9 Å². The number of fused-ring (bicyclic) bond motifs is 1. The first kappa shape index (κ1) is 18.7. The Balaban J connectivity index is 1.60. The summed E-state index contributed by atoms with van der Waals surface area (Å²) in [5.74, 6) is -0.106. The number of carbonyl (C=O) groups is 1. The summed E-state index contributed by atoms with van der Waals surface area (Å²) in [5.41, 5.74) is 2.58. The lowest BCUT2D eigenvalue weighted by molar-refractivity contribution is -0.138. The van der Waals surface area contributed by atoms with Gasteiger partial charge in [0.25, 0.3) is 0 Å². The summed E-state index contributed by atoms with van der Waals surface area (Å²) in [4.78, 5) is 18.8. The van der Waals surface area contributed by atoms with Crippen molar-refractivity contribution in [2.75, 3.05) is 0 Å². The summed E-state index contributed by atoms with van der Waals surface area (Å²) in [6, 6.07) is 14.6. The van der Waals surface area contributed by atoms with Gasteiger partial charge in [-0.3, -0.25) is 4.79 Å². The van der Waals surface area contributed by atoms with Crippen molar-refractivity contribution >= 4 is 21.8 Å². The Bertz CT molecular complexity index is 1010. The molecule has 0 aliphatic carbocycles. The number of hydrogen-bond acceptors (Lipinski definition) is 2. The highest BCUT2D eigenvalue weighted by molar-refractivity contribution is 9.10. The topological polar surface area (TPSA) is 38.1 Å². The van der Waals surface area contributed by atoms with Crippen molar-refractivity contribution in [2.45, 2.75) is 25.8 Å². The number of amides is 1. The van der Waals surface area contributed by atoms with Crippen molar-refractivity contribution in [3.63, 3.8) is 0 Å². The third-order valence-corrected chi connectivity index (χ3v) is 5.32. The molecule has 0 unspecified atom stereocenters. The standard InChI is InChI=1S/C20H15BrF3N3O/c21-19-25-18(14-4-2-1-3-5-14)16-11-26(17(28)12-27(16)19)10-13-6-8-15(9-7-13)20(22,23)24/h1-9H,10-12H2. The van der Waals surface area contributed by atoms with Crippen LogP contribution < -0.4 is 0 Å². The van der Waals surface area contributed by atoms with Crippen LogP contribution in [0.5, 0.6) is 0 Å². The molecule has 1 aromatic heterocycles. The first-order valence-corrected chi connectivity index (χ1v) is 9.36. The number of halogens is 4. The fourth-order valence-electron chi connectivity index (χ4n) is 3.27. The lowest BCUT2D eigenvalue weighted by atomic mass is 10.1. The number of rotatable bonds is 3. The van der Waals surface area contributed by atoms with Crippen molar-refractivity contribution in [1.29, 1.82) is 0 Å². The maximum Gasteiger partial charge on any atom is 0.416 e. The van der Waals surface area contributed by atoms with Crippen LogP contribution >= 0.6 is 15.9 Å². The number of alkyl halides is 3. The molecule has 1 aliphatic rings. The molecular weight excluding hydrogens is 435 g/mol. The number of aromatic nitrogens is 2. The van der Waals surface area contributed by atoms with Crippen LogP contribution in [0.2, 0.25) is 0 Å². The van der Waals surface area contributed by atoms with Crippen LogP contribution in [-0.4, -0.2) is 20.4 Å². The van der Waals surface area contributed by atoms with Crippen molar-refractivity contribution in [2.24, 2.45) is 0 Å². The van der Waals surface area contributed by atoms with E-state index in [4.69, 9.17) is 0 Å². The molecule has 4 rings (SSSR count). The number of nitrogens with zero attached hydrogens (tertiary/aromatic N) is 3. The predicted octanol–water partition coefficient (Wildman–Crippen LogP) is 4.87. The molecule has 0 saturated heterocycles. The van der Waals surface area contributed by atoms with Crippen LogP contribution in [0, 0.1) is 0 Å². The van der Waals surface area contributed by atoms with Gasteiger partial charge in [-0.1, -0.05) is 42.5 Å². The number of benzene rings is 2. The minimum absolute atomic E-state index is 0.106. The Hall–Kier alpha value is -2.61. The van der Waals surface area contributed by atoms with Gasteiger partial charge in [0.05, 0.1) is 23.5 Å². The number of hydrogen-bond donors (Lipinski definition) is 0. The van der Waals surface area contributed by atoms with Crippen molar-refractivity contribution in [3.05, 3.63) is 76.2 Å². The molecule has 1 amide bonds. The van der Waals surface area contributed by atoms with Gasteiger partial charge in [0.1, 0.15) is 6.54 Å². The fraction of sp³-hybridized carbons (Fsp3) is 0.200. The SMILES string of the molecule is O=C1Cn2c(Br)nc(-c3ccccc3)c2CN1Cc1ccc(C(F)(F)F)cc1. The van der Waals surface area contributed by atoms with E-state index in [-0.39, 0.29) is 19.0 Å². The summed E-state index contributed by atoms with van der Waals surface area (Å²) in [5, 5.41) is 0. The maximum atomic E-state index is 12.7. The van der Waals surface area contributed by atoms with Crippen LogP contribution in [-0.2, 0) is 30.6 Å². The highest BCUT2D eigenvalue weighted by atomic mass is 79.9. The highest BCUT2D eigenvalue weighted by Gasteiger charge is 2.31. The molecule has 0 bridgehead atoms. The van der Waals surface area contributed by atoms with E-state index in [0.717, 1.165) is 29.1 Å². The normalized spacial score (nSPS) is 14.3. The van der Waals surface area contributed by atoms with Gasteiger partial charge in [-0.25, -0.2) is 4.98 Å². The zero-order chi connectivity index (χ0) is 19.9. The van der Waals surface area contributed by atoms with E-state index < -0.39 is 11.7 Å². The first-order chi connectivity index (χ1) is 13.3. The lowest BCUT2D eigenvalue weighted by Gasteiger charge is -2.29. The zero-order valence-corrected chi connectivity index (χ0v) is 16.2. The minimum atomic E-state index is -4.37. The first-order valence-electron chi connectivity index (χ1n) is 8.57. The van der Waals surface area contributed by atoms with E-state index in [1.54, 1.807) is 4.90 Å². The van der Waals surface area contributed by atoms with Crippen LogP contribution in [0.3, 0.4) is 0 Å². The Morgan fingerprint density at radius 2 is 1.68 bits per heavy atom. The van der Waals surface area contributed by atoms with E-state index in [0.29, 0.717) is 16.8 Å². The fourth-order valence-corrected chi connectivity index (χ4v) is 3.79. The van der Waals surface area contributed by atoms with Crippen molar-refractivity contribution < 1.29 is 18.0 Å². The molecule has 0 atom stereocenters. The Morgan fingerprint density at radius 1 is 1.00 bits per heavy atom. The van der Waals surface area contributed by atoms with Gasteiger partial charge in [0.15, 0.2) is 4.73 Å². The average molecular weight is 450 g/mol. The minimum Gasteiger partial charge on any atom is -0.331 e.